The lowest BCUT2D eigenvalue weighted by molar-refractivity contribution is -0.114. The number of anilines is 1. The molecule has 0 aromatic heterocycles. The van der Waals surface area contributed by atoms with Crippen molar-refractivity contribution in [2.24, 2.45) is 5.41 Å². The van der Waals surface area contributed by atoms with Crippen molar-refractivity contribution in [1.29, 1.82) is 0 Å². The minimum atomic E-state index is 0.395. The molecular weight excluding hydrogens is 314 g/mol. The van der Waals surface area contributed by atoms with Gasteiger partial charge in [-0.25, -0.2) is 0 Å². The molecule has 2 fully saturated rings. The van der Waals surface area contributed by atoms with Crippen molar-refractivity contribution in [3.05, 3.63) is 28.2 Å². The molecule has 0 saturated heterocycles. The summed E-state index contributed by atoms with van der Waals surface area (Å²) in [5, 5.41) is 3.77. The van der Waals surface area contributed by atoms with Crippen LogP contribution >= 0.6 is 15.9 Å². The molecule has 0 aliphatic heterocycles. The predicted molar refractivity (Wildman–Crippen MR) is 87.2 cm³/mol. The molecule has 2 nitrogen and oxygen atoms in total. The molecule has 0 radical (unpaired) electrons. The molecule has 0 bridgehead atoms. The molecule has 2 saturated carbocycles. The monoisotopic (exact) mass is 337 g/mol. The van der Waals surface area contributed by atoms with E-state index in [0.29, 0.717) is 17.6 Å². The van der Waals surface area contributed by atoms with E-state index in [4.69, 9.17) is 4.74 Å². The lowest BCUT2D eigenvalue weighted by atomic mass is 9.60. The maximum absolute atomic E-state index is 5.98. The topological polar surface area (TPSA) is 21.3 Å². The summed E-state index contributed by atoms with van der Waals surface area (Å²) in [6.07, 6.45) is 6.99. The molecule has 110 valence electrons. The van der Waals surface area contributed by atoms with Crippen LogP contribution in [0, 0.1) is 12.3 Å². The maximum atomic E-state index is 5.98. The molecule has 2 unspecified atom stereocenters. The van der Waals surface area contributed by atoms with Crippen LogP contribution in [-0.2, 0) is 4.74 Å². The van der Waals surface area contributed by atoms with Gasteiger partial charge in [0.1, 0.15) is 0 Å². The number of halogens is 1. The Labute approximate surface area is 130 Å². The number of hydrogen-bond acceptors (Lipinski definition) is 2. The Morgan fingerprint density at radius 1 is 1.30 bits per heavy atom. The van der Waals surface area contributed by atoms with Crippen LogP contribution in [0.3, 0.4) is 0 Å². The highest BCUT2D eigenvalue weighted by Crippen LogP contribution is 2.55. The highest BCUT2D eigenvalue weighted by atomic mass is 79.9. The van der Waals surface area contributed by atoms with E-state index in [0.717, 1.165) is 17.5 Å². The van der Waals surface area contributed by atoms with Gasteiger partial charge in [0.05, 0.1) is 6.10 Å². The standard InChI is InChI=1S/C17H24BrNO/c1-3-20-16-11-15(17(16)6-4-5-7-17)19-14-9-12(2)8-13(18)10-14/h8-10,15-16,19H,3-7,11H2,1-2H3. The number of hydrogen-bond donors (Lipinski definition) is 1. The maximum Gasteiger partial charge on any atom is 0.0670 e. The summed E-state index contributed by atoms with van der Waals surface area (Å²) in [5.41, 5.74) is 2.93. The average molecular weight is 338 g/mol. The van der Waals surface area contributed by atoms with E-state index in [1.54, 1.807) is 0 Å². The summed E-state index contributed by atoms with van der Waals surface area (Å²) in [5.74, 6) is 0. The first-order valence-corrected chi connectivity index (χ1v) is 8.59. The van der Waals surface area contributed by atoms with Crippen LogP contribution in [0.1, 0.15) is 44.6 Å². The largest absolute Gasteiger partial charge is 0.382 e. The summed E-state index contributed by atoms with van der Waals surface area (Å²) in [4.78, 5) is 0. The quantitative estimate of drug-likeness (QED) is 0.842. The fourth-order valence-corrected chi connectivity index (χ4v) is 4.72. The fraction of sp³-hybridized carbons (Fsp3) is 0.647. The van der Waals surface area contributed by atoms with Crippen LogP contribution in [0.5, 0.6) is 0 Å². The second kappa shape index (κ2) is 5.69. The SMILES string of the molecule is CCOC1CC(Nc2cc(C)cc(Br)c2)C12CCCC2. The summed E-state index contributed by atoms with van der Waals surface area (Å²) in [6.45, 7) is 5.10. The third-order valence-corrected chi connectivity index (χ3v) is 5.53. The fourth-order valence-electron chi connectivity index (χ4n) is 4.11. The van der Waals surface area contributed by atoms with E-state index < -0.39 is 0 Å². The number of nitrogens with one attached hydrogen (secondary N) is 1. The van der Waals surface area contributed by atoms with Gasteiger partial charge in [0.2, 0.25) is 0 Å². The van der Waals surface area contributed by atoms with Crippen molar-refractivity contribution in [1.82, 2.24) is 0 Å². The highest BCUT2D eigenvalue weighted by Gasteiger charge is 2.56. The van der Waals surface area contributed by atoms with Crippen molar-refractivity contribution in [3.8, 4) is 0 Å². The molecule has 3 rings (SSSR count). The molecule has 3 heteroatoms. The van der Waals surface area contributed by atoms with Gasteiger partial charge in [0, 0.05) is 28.2 Å². The van der Waals surface area contributed by atoms with Crippen molar-refractivity contribution >= 4 is 21.6 Å². The zero-order chi connectivity index (χ0) is 14.2. The Balaban J connectivity index is 1.74. The van der Waals surface area contributed by atoms with E-state index in [9.17, 15) is 0 Å². The first-order chi connectivity index (χ1) is 9.64. The van der Waals surface area contributed by atoms with Crippen molar-refractivity contribution in [2.45, 2.75) is 58.1 Å². The molecule has 1 spiro atoms. The minimum Gasteiger partial charge on any atom is -0.382 e. The molecule has 0 amide bonds. The Hall–Kier alpha value is -0.540. The second-order valence-electron chi connectivity index (χ2n) is 6.33. The van der Waals surface area contributed by atoms with Gasteiger partial charge in [-0.05, 0) is 56.9 Å². The Bertz CT molecular complexity index is 462. The number of aryl methyl sites for hydroxylation is 1. The summed E-state index contributed by atoms with van der Waals surface area (Å²) in [6, 6.07) is 7.15. The van der Waals surface area contributed by atoms with Gasteiger partial charge in [-0.15, -0.1) is 0 Å². The van der Waals surface area contributed by atoms with Gasteiger partial charge in [-0.1, -0.05) is 28.8 Å². The third-order valence-electron chi connectivity index (χ3n) is 5.07. The Morgan fingerprint density at radius 3 is 2.70 bits per heavy atom. The van der Waals surface area contributed by atoms with Gasteiger partial charge >= 0.3 is 0 Å². The van der Waals surface area contributed by atoms with Crippen LogP contribution in [0.2, 0.25) is 0 Å². The number of rotatable bonds is 4. The number of ether oxygens (including phenoxy) is 1. The van der Waals surface area contributed by atoms with Crippen molar-refractivity contribution in [2.75, 3.05) is 11.9 Å². The molecule has 2 aliphatic carbocycles. The van der Waals surface area contributed by atoms with E-state index >= 15 is 0 Å². The van der Waals surface area contributed by atoms with Crippen molar-refractivity contribution < 1.29 is 4.74 Å². The van der Waals surface area contributed by atoms with Crippen LogP contribution < -0.4 is 5.32 Å². The van der Waals surface area contributed by atoms with Gasteiger partial charge in [-0.3, -0.25) is 0 Å². The Kier molecular flexibility index (Phi) is 4.09. The zero-order valence-corrected chi connectivity index (χ0v) is 14.0. The van der Waals surface area contributed by atoms with Crippen LogP contribution in [0.4, 0.5) is 5.69 Å². The Morgan fingerprint density at radius 2 is 2.05 bits per heavy atom. The summed E-state index contributed by atoms with van der Waals surface area (Å²) >= 11 is 3.59. The van der Waals surface area contributed by atoms with E-state index in [1.807, 2.05) is 0 Å². The van der Waals surface area contributed by atoms with Crippen LogP contribution in [0.15, 0.2) is 22.7 Å². The molecule has 2 atom stereocenters. The zero-order valence-electron chi connectivity index (χ0n) is 12.4. The molecular formula is C17H24BrNO. The normalized spacial score (nSPS) is 27.6. The molecule has 0 heterocycles. The average Bonchev–Trinajstić information content (AvgIpc) is 2.88. The number of benzene rings is 1. The minimum absolute atomic E-state index is 0.395. The van der Waals surface area contributed by atoms with Crippen molar-refractivity contribution in [3.63, 3.8) is 0 Å². The van der Waals surface area contributed by atoms with Gasteiger partial charge in [0.15, 0.2) is 0 Å². The molecule has 1 N–H and O–H groups in total. The third kappa shape index (κ3) is 2.50. The predicted octanol–water partition coefficient (Wildman–Crippen LogP) is 4.91. The van der Waals surface area contributed by atoms with E-state index in [1.165, 1.54) is 36.9 Å². The lowest BCUT2D eigenvalue weighted by Crippen LogP contribution is -2.60. The molecule has 1 aromatic rings. The van der Waals surface area contributed by atoms with Gasteiger partial charge in [0.25, 0.3) is 0 Å². The first kappa shape index (κ1) is 14.4. The van der Waals surface area contributed by atoms with Crippen LogP contribution in [0.25, 0.3) is 0 Å². The molecule has 2 aliphatic rings. The summed E-state index contributed by atoms with van der Waals surface area (Å²) < 4.78 is 7.14. The highest BCUT2D eigenvalue weighted by molar-refractivity contribution is 9.10. The second-order valence-corrected chi connectivity index (χ2v) is 7.25. The van der Waals surface area contributed by atoms with Gasteiger partial charge in [-0.2, -0.15) is 0 Å². The summed E-state index contributed by atoms with van der Waals surface area (Å²) in [7, 11) is 0. The van der Waals surface area contributed by atoms with E-state index in [2.05, 4.69) is 53.3 Å². The molecule has 20 heavy (non-hydrogen) atoms. The molecule has 1 aromatic carbocycles. The first-order valence-electron chi connectivity index (χ1n) is 7.79. The van der Waals surface area contributed by atoms with Crippen LogP contribution in [-0.4, -0.2) is 18.8 Å². The smallest absolute Gasteiger partial charge is 0.0670 e. The lowest BCUT2D eigenvalue weighted by Gasteiger charge is -2.54. The van der Waals surface area contributed by atoms with E-state index in [-0.39, 0.29) is 0 Å². The van der Waals surface area contributed by atoms with Gasteiger partial charge < -0.3 is 10.1 Å².